The average molecular weight is 665 g/mol. The number of amides is 3. The van der Waals surface area contributed by atoms with Crippen LogP contribution in [0.3, 0.4) is 0 Å². The Morgan fingerprint density at radius 3 is 2.36 bits per heavy atom. The van der Waals surface area contributed by atoms with Crippen molar-refractivity contribution in [3.63, 3.8) is 0 Å². The molecule has 0 spiro atoms. The van der Waals surface area contributed by atoms with E-state index < -0.39 is 41.3 Å². The van der Waals surface area contributed by atoms with Gasteiger partial charge in [-0.1, -0.05) is 18.2 Å². The minimum absolute atomic E-state index is 0.0283. The smallest absolute Gasteiger partial charge is 0.416 e. The Kier molecular flexibility index (Phi) is 9.27. The van der Waals surface area contributed by atoms with Crippen LogP contribution >= 0.6 is 27.7 Å². The van der Waals surface area contributed by atoms with Crippen molar-refractivity contribution < 1.29 is 46.9 Å². The largest absolute Gasteiger partial charge is 0.495 e. The van der Waals surface area contributed by atoms with Crippen LogP contribution in [0.5, 0.6) is 11.5 Å². The third-order valence-electron chi connectivity index (χ3n) is 5.83. The number of rotatable bonds is 9. The average Bonchev–Trinajstić information content (AvgIpc) is 3.19. The number of alkyl halides is 3. The van der Waals surface area contributed by atoms with Crippen molar-refractivity contribution in [1.82, 2.24) is 4.90 Å². The van der Waals surface area contributed by atoms with Crippen LogP contribution in [0, 0.1) is 0 Å². The molecule has 218 valence electrons. The lowest BCUT2D eigenvalue weighted by atomic mass is 10.1. The molecule has 0 aromatic heterocycles. The number of halogens is 4. The van der Waals surface area contributed by atoms with Gasteiger partial charge in [-0.3, -0.25) is 19.3 Å². The molecule has 1 aliphatic rings. The highest BCUT2D eigenvalue weighted by molar-refractivity contribution is 9.10. The number of methoxy groups -OCH3 is 1. The molecule has 1 fully saturated rings. The van der Waals surface area contributed by atoms with Crippen LogP contribution < -0.4 is 14.8 Å². The number of carbonyl (C=O) groups is 4. The van der Waals surface area contributed by atoms with Crippen molar-refractivity contribution in [3.05, 3.63) is 92.3 Å². The number of carboxylic acids is 1. The first-order chi connectivity index (χ1) is 19.8. The maximum absolute atomic E-state index is 13.1. The number of carbonyl (C=O) groups excluding carboxylic acids is 3. The Hall–Kier alpha value is -4.30. The summed E-state index contributed by atoms with van der Waals surface area (Å²) in [5, 5.41) is 10.5. The molecule has 4 rings (SSSR count). The standard InChI is InChI=1S/C28H20BrF3N2O7S/c1-40-22-9-7-18(28(30,31)32)12-20(22)33-24(35)13-34-25(36)23(42-27(34)39)11-16-4-8-21(19(29)10-16)41-14-15-2-5-17(6-3-15)26(37)38/h2-12H,13-14H2,1H3,(H,33,35)(H,37,38)/b23-11-. The summed E-state index contributed by atoms with van der Waals surface area (Å²) in [5.74, 6) is -2.21. The van der Waals surface area contributed by atoms with Crippen molar-refractivity contribution >= 4 is 62.5 Å². The zero-order valence-electron chi connectivity index (χ0n) is 21.5. The monoisotopic (exact) mass is 664 g/mol. The molecule has 0 aliphatic carbocycles. The highest BCUT2D eigenvalue weighted by Crippen LogP contribution is 2.36. The fourth-order valence-corrected chi connectivity index (χ4v) is 5.08. The number of aromatic carboxylic acids is 1. The Morgan fingerprint density at radius 2 is 1.74 bits per heavy atom. The predicted octanol–water partition coefficient (Wildman–Crippen LogP) is 6.43. The van der Waals surface area contributed by atoms with E-state index in [1.807, 2.05) is 0 Å². The number of nitrogens with one attached hydrogen (secondary N) is 1. The summed E-state index contributed by atoms with van der Waals surface area (Å²) < 4.78 is 50.6. The SMILES string of the molecule is COc1ccc(C(F)(F)F)cc1NC(=O)CN1C(=O)S/C(=C\c2ccc(OCc3ccc(C(=O)O)cc3)c(Br)c2)C1=O. The second kappa shape index (κ2) is 12.7. The summed E-state index contributed by atoms with van der Waals surface area (Å²) in [4.78, 5) is 49.7. The summed E-state index contributed by atoms with van der Waals surface area (Å²) in [6, 6.07) is 13.7. The van der Waals surface area contributed by atoms with Crippen LogP contribution in [0.2, 0.25) is 0 Å². The molecule has 2 N–H and O–H groups in total. The van der Waals surface area contributed by atoms with Gasteiger partial charge in [0.1, 0.15) is 24.7 Å². The first kappa shape index (κ1) is 30.7. The first-order valence-electron chi connectivity index (χ1n) is 11.9. The molecule has 42 heavy (non-hydrogen) atoms. The van der Waals surface area contributed by atoms with E-state index in [0.717, 1.165) is 17.7 Å². The molecule has 1 heterocycles. The lowest BCUT2D eigenvalue weighted by molar-refractivity contribution is -0.137. The Bertz CT molecular complexity index is 1590. The highest BCUT2D eigenvalue weighted by atomic mass is 79.9. The summed E-state index contributed by atoms with van der Waals surface area (Å²) in [6.45, 7) is -0.545. The number of ether oxygens (including phenoxy) is 2. The number of anilines is 1. The zero-order valence-corrected chi connectivity index (χ0v) is 23.9. The number of carboxylic acid groups (broad SMARTS) is 1. The van der Waals surface area contributed by atoms with Crippen LogP contribution in [0.25, 0.3) is 6.08 Å². The topological polar surface area (TPSA) is 122 Å². The first-order valence-corrected chi connectivity index (χ1v) is 13.5. The maximum atomic E-state index is 13.1. The maximum Gasteiger partial charge on any atom is 0.416 e. The molecule has 0 bridgehead atoms. The molecular weight excluding hydrogens is 645 g/mol. The lowest BCUT2D eigenvalue weighted by Crippen LogP contribution is -2.36. The van der Waals surface area contributed by atoms with Gasteiger partial charge in [0.2, 0.25) is 5.91 Å². The number of thioether (sulfide) groups is 1. The molecule has 1 saturated heterocycles. The molecule has 0 unspecified atom stereocenters. The molecule has 9 nitrogen and oxygen atoms in total. The summed E-state index contributed by atoms with van der Waals surface area (Å²) in [7, 11) is 1.22. The second-order valence-electron chi connectivity index (χ2n) is 8.71. The van der Waals surface area contributed by atoms with E-state index in [0.29, 0.717) is 38.5 Å². The van der Waals surface area contributed by atoms with Crippen LogP contribution in [0.1, 0.15) is 27.0 Å². The molecule has 3 aromatic carbocycles. The summed E-state index contributed by atoms with van der Waals surface area (Å²) in [6.07, 6.45) is -3.20. The number of benzene rings is 3. The van der Waals surface area contributed by atoms with E-state index in [1.54, 1.807) is 30.3 Å². The molecule has 1 aliphatic heterocycles. The van der Waals surface area contributed by atoms with Gasteiger partial charge in [-0.2, -0.15) is 13.2 Å². The van der Waals surface area contributed by atoms with Gasteiger partial charge in [0.15, 0.2) is 0 Å². The fraction of sp³-hybridized carbons (Fsp3) is 0.143. The Balaban J connectivity index is 1.40. The molecule has 3 amide bonds. The molecule has 0 saturated carbocycles. The number of nitrogens with zero attached hydrogens (tertiary/aromatic N) is 1. The van der Waals surface area contributed by atoms with E-state index in [-0.39, 0.29) is 28.5 Å². The van der Waals surface area contributed by atoms with Crippen LogP contribution in [0.4, 0.5) is 23.7 Å². The number of hydrogen-bond donors (Lipinski definition) is 2. The normalized spacial score (nSPS) is 14.3. The van der Waals surface area contributed by atoms with Crippen molar-refractivity contribution in [1.29, 1.82) is 0 Å². The molecule has 0 radical (unpaired) electrons. The number of hydrogen-bond acceptors (Lipinski definition) is 7. The zero-order chi connectivity index (χ0) is 30.6. The summed E-state index contributed by atoms with van der Waals surface area (Å²) >= 11 is 4.01. The fourth-order valence-electron chi connectivity index (χ4n) is 3.73. The van der Waals surface area contributed by atoms with Crippen molar-refractivity contribution in [2.24, 2.45) is 0 Å². The lowest BCUT2D eigenvalue weighted by Gasteiger charge is -2.16. The quantitative estimate of drug-likeness (QED) is 0.251. The molecular formula is C28H20BrF3N2O7S. The van der Waals surface area contributed by atoms with Gasteiger partial charge >= 0.3 is 12.1 Å². The van der Waals surface area contributed by atoms with Gasteiger partial charge in [-0.15, -0.1) is 0 Å². The minimum atomic E-state index is -4.65. The van der Waals surface area contributed by atoms with E-state index in [2.05, 4.69) is 21.2 Å². The minimum Gasteiger partial charge on any atom is -0.495 e. The Labute approximate surface area is 249 Å². The Morgan fingerprint density at radius 1 is 1.05 bits per heavy atom. The number of imide groups is 1. The predicted molar refractivity (Wildman–Crippen MR) is 151 cm³/mol. The van der Waals surface area contributed by atoms with Gasteiger partial charge in [-0.05, 0) is 87.4 Å². The van der Waals surface area contributed by atoms with Gasteiger partial charge in [0.25, 0.3) is 11.1 Å². The van der Waals surface area contributed by atoms with Crippen LogP contribution in [0.15, 0.2) is 70.0 Å². The highest BCUT2D eigenvalue weighted by Gasteiger charge is 2.37. The van der Waals surface area contributed by atoms with Gasteiger partial charge in [0.05, 0.1) is 33.3 Å². The van der Waals surface area contributed by atoms with E-state index in [9.17, 15) is 32.3 Å². The van der Waals surface area contributed by atoms with Crippen molar-refractivity contribution in [3.8, 4) is 11.5 Å². The molecule has 14 heteroatoms. The van der Waals surface area contributed by atoms with Gasteiger partial charge in [0, 0.05) is 0 Å². The van der Waals surface area contributed by atoms with E-state index >= 15 is 0 Å². The van der Waals surface area contributed by atoms with Gasteiger partial charge < -0.3 is 19.9 Å². The van der Waals surface area contributed by atoms with Crippen LogP contribution in [-0.2, 0) is 22.4 Å². The third-order valence-corrected chi connectivity index (χ3v) is 7.35. The summed E-state index contributed by atoms with van der Waals surface area (Å²) in [5.41, 5.74) is 0.183. The molecule has 0 atom stereocenters. The van der Waals surface area contributed by atoms with E-state index in [1.165, 1.54) is 25.3 Å². The molecule has 3 aromatic rings. The third kappa shape index (κ3) is 7.31. The van der Waals surface area contributed by atoms with Crippen LogP contribution in [-0.4, -0.2) is 46.7 Å². The van der Waals surface area contributed by atoms with E-state index in [4.69, 9.17) is 14.6 Å². The van der Waals surface area contributed by atoms with Gasteiger partial charge in [-0.25, -0.2) is 4.79 Å². The second-order valence-corrected chi connectivity index (χ2v) is 10.6. The van der Waals surface area contributed by atoms with Crippen molar-refractivity contribution in [2.75, 3.05) is 19.0 Å². The van der Waals surface area contributed by atoms with Crippen molar-refractivity contribution in [2.45, 2.75) is 12.8 Å².